The van der Waals surface area contributed by atoms with Gasteiger partial charge in [0.05, 0.1) is 11.1 Å². The lowest BCUT2D eigenvalue weighted by Crippen LogP contribution is -2.46. The molecule has 1 saturated heterocycles. The first-order valence-corrected chi connectivity index (χ1v) is 8.19. The molecule has 2 amide bonds. The molecule has 0 unspecified atom stereocenters. The average Bonchev–Trinajstić information content (AvgIpc) is 2.62. The van der Waals surface area contributed by atoms with Crippen LogP contribution in [0.3, 0.4) is 0 Å². The molecular weight excluding hydrogens is 323 g/mol. The Hall–Kier alpha value is -2.89. The van der Waals surface area contributed by atoms with Gasteiger partial charge in [-0.3, -0.25) is 9.59 Å². The molecule has 1 fully saturated rings. The first kappa shape index (κ1) is 17.0. The normalized spacial score (nSPS) is 15.0. The molecule has 2 N–H and O–H groups in total. The maximum Gasteiger partial charge on any atom is 0.257 e. The second-order valence-electron chi connectivity index (χ2n) is 6.04. The van der Waals surface area contributed by atoms with Crippen LogP contribution < -0.4 is 5.32 Å². The number of hydrogen-bond acceptors (Lipinski definition) is 3. The van der Waals surface area contributed by atoms with Gasteiger partial charge in [-0.15, -0.1) is 0 Å². The Morgan fingerprint density at radius 2 is 1.60 bits per heavy atom. The largest absolute Gasteiger partial charge is 0.507 e. The molecular formula is C19H19FN2O3. The topological polar surface area (TPSA) is 69.6 Å². The van der Waals surface area contributed by atoms with Gasteiger partial charge in [-0.05, 0) is 37.1 Å². The fraction of sp³-hybridized carbons (Fsp3) is 0.263. The number of rotatable bonds is 3. The number of amides is 2. The zero-order valence-corrected chi connectivity index (χ0v) is 13.6. The number of nitrogens with zero attached hydrogens (tertiary/aromatic N) is 1. The minimum absolute atomic E-state index is 0.0233. The highest BCUT2D eigenvalue weighted by Gasteiger charge is 2.26. The predicted octanol–water partition coefficient (Wildman–Crippen LogP) is 2.57. The number of likely N-dealkylation sites (tertiary alicyclic amines) is 1. The van der Waals surface area contributed by atoms with Gasteiger partial charge in [0.1, 0.15) is 11.6 Å². The molecule has 0 radical (unpaired) electrons. The Morgan fingerprint density at radius 3 is 2.24 bits per heavy atom. The second kappa shape index (κ2) is 7.34. The van der Waals surface area contributed by atoms with E-state index in [0.29, 0.717) is 25.9 Å². The average molecular weight is 342 g/mol. The van der Waals surface area contributed by atoms with Crippen molar-refractivity contribution in [2.24, 2.45) is 0 Å². The number of halogens is 1. The van der Waals surface area contributed by atoms with E-state index in [1.807, 2.05) is 0 Å². The number of carbonyl (C=O) groups excluding carboxylic acids is 2. The third kappa shape index (κ3) is 3.79. The summed E-state index contributed by atoms with van der Waals surface area (Å²) in [6, 6.07) is 12.2. The van der Waals surface area contributed by atoms with Crippen molar-refractivity contribution < 1.29 is 19.1 Å². The lowest BCUT2D eigenvalue weighted by Gasteiger charge is -2.32. The van der Waals surface area contributed by atoms with Crippen LogP contribution in [0.2, 0.25) is 0 Å². The van der Waals surface area contributed by atoms with E-state index in [2.05, 4.69) is 5.32 Å². The Morgan fingerprint density at radius 1 is 1.00 bits per heavy atom. The minimum Gasteiger partial charge on any atom is -0.507 e. The number of carbonyl (C=O) groups is 2. The van der Waals surface area contributed by atoms with Crippen LogP contribution in [0.25, 0.3) is 0 Å². The first-order valence-electron chi connectivity index (χ1n) is 8.19. The molecule has 3 rings (SSSR count). The van der Waals surface area contributed by atoms with Crippen molar-refractivity contribution in [3.63, 3.8) is 0 Å². The van der Waals surface area contributed by atoms with E-state index in [4.69, 9.17) is 0 Å². The van der Waals surface area contributed by atoms with Gasteiger partial charge in [-0.1, -0.05) is 24.3 Å². The van der Waals surface area contributed by atoms with E-state index in [0.717, 1.165) is 0 Å². The zero-order valence-electron chi connectivity index (χ0n) is 13.6. The Kier molecular flexibility index (Phi) is 4.97. The van der Waals surface area contributed by atoms with Crippen LogP contribution in [-0.4, -0.2) is 41.0 Å². The molecule has 5 nitrogen and oxygen atoms in total. The van der Waals surface area contributed by atoms with Gasteiger partial charge in [-0.2, -0.15) is 0 Å². The van der Waals surface area contributed by atoms with E-state index in [1.54, 1.807) is 29.2 Å². The summed E-state index contributed by atoms with van der Waals surface area (Å²) in [6.07, 6.45) is 1.17. The lowest BCUT2D eigenvalue weighted by atomic mass is 10.0. The van der Waals surface area contributed by atoms with Crippen LogP contribution in [0.4, 0.5) is 4.39 Å². The Bertz CT molecular complexity index is 786. The number of piperidine rings is 1. The van der Waals surface area contributed by atoms with Crippen LogP contribution in [0.15, 0.2) is 48.5 Å². The van der Waals surface area contributed by atoms with Crippen molar-refractivity contribution in [3.05, 3.63) is 65.5 Å². The third-order valence-corrected chi connectivity index (χ3v) is 4.37. The maximum atomic E-state index is 13.7. The third-order valence-electron chi connectivity index (χ3n) is 4.37. The fourth-order valence-electron chi connectivity index (χ4n) is 2.96. The maximum absolute atomic E-state index is 13.7. The Labute approximate surface area is 145 Å². The van der Waals surface area contributed by atoms with Gasteiger partial charge in [-0.25, -0.2) is 4.39 Å². The number of phenols is 1. The quantitative estimate of drug-likeness (QED) is 0.901. The van der Waals surface area contributed by atoms with Crippen LogP contribution in [-0.2, 0) is 0 Å². The molecule has 0 aromatic heterocycles. The summed E-state index contributed by atoms with van der Waals surface area (Å²) >= 11 is 0. The van der Waals surface area contributed by atoms with Gasteiger partial charge in [0.15, 0.2) is 0 Å². The van der Waals surface area contributed by atoms with E-state index in [-0.39, 0.29) is 28.8 Å². The summed E-state index contributed by atoms with van der Waals surface area (Å²) in [7, 11) is 0. The summed E-state index contributed by atoms with van der Waals surface area (Å²) in [4.78, 5) is 26.2. The molecule has 2 aromatic rings. The van der Waals surface area contributed by atoms with E-state index >= 15 is 0 Å². The number of hydrogen-bond donors (Lipinski definition) is 2. The molecule has 6 heteroatoms. The molecule has 0 saturated carbocycles. The molecule has 130 valence electrons. The molecule has 1 heterocycles. The summed E-state index contributed by atoms with van der Waals surface area (Å²) in [5.74, 6) is -1.25. The van der Waals surface area contributed by atoms with Crippen LogP contribution in [0, 0.1) is 5.82 Å². The van der Waals surface area contributed by atoms with Crippen molar-refractivity contribution in [3.8, 4) is 5.75 Å². The SMILES string of the molecule is O=C(NC1CCN(C(=O)c2ccccc2O)CC1)c1ccccc1F. The van der Waals surface area contributed by atoms with E-state index in [1.165, 1.54) is 24.3 Å². The van der Waals surface area contributed by atoms with Gasteiger partial charge < -0.3 is 15.3 Å². The highest BCUT2D eigenvalue weighted by Crippen LogP contribution is 2.20. The molecule has 1 aliphatic rings. The van der Waals surface area contributed by atoms with Crippen LogP contribution in [0.1, 0.15) is 33.6 Å². The number of nitrogens with one attached hydrogen (secondary N) is 1. The standard InChI is InChI=1S/C19H19FN2O3/c20-16-7-3-1-5-14(16)18(24)21-13-9-11-22(12-10-13)19(25)15-6-2-4-8-17(15)23/h1-8,13,23H,9-12H2,(H,21,24). The molecule has 2 aromatic carbocycles. The number of aromatic hydroxyl groups is 1. The summed E-state index contributed by atoms with van der Waals surface area (Å²) in [5.41, 5.74) is 0.298. The number of phenolic OH excluding ortho intramolecular Hbond substituents is 1. The van der Waals surface area contributed by atoms with Crippen molar-refractivity contribution in [1.29, 1.82) is 0 Å². The lowest BCUT2D eigenvalue weighted by molar-refractivity contribution is 0.0695. The summed E-state index contributed by atoms with van der Waals surface area (Å²) in [5, 5.41) is 12.6. The monoisotopic (exact) mass is 342 g/mol. The van der Waals surface area contributed by atoms with Crippen molar-refractivity contribution >= 4 is 11.8 Å². The van der Waals surface area contributed by atoms with Gasteiger partial charge in [0.25, 0.3) is 11.8 Å². The van der Waals surface area contributed by atoms with E-state index in [9.17, 15) is 19.1 Å². The first-order chi connectivity index (χ1) is 12.1. The summed E-state index contributed by atoms with van der Waals surface area (Å²) < 4.78 is 13.7. The predicted molar refractivity (Wildman–Crippen MR) is 90.9 cm³/mol. The molecule has 1 aliphatic heterocycles. The van der Waals surface area contributed by atoms with Gasteiger partial charge in [0.2, 0.25) is 0 Å². The molecule has 0 aliphatic carbocycles. The van der Waals surface area contributed by atoms with Crippen LogP contribution >= 0.6 is 0 Å². The van der Waals surface area contributed by atoms with Crippen molar-refractivity contribution in [2.45, 2.75) is 18.9 Å². The highest BCUT2D eigenvalue weighted by molar-refractivity contribution is 5.97. The molecule has 0 bridgehead atoms. The van der Waals surface area contributed by atoms with Gasteiger partial charge in [0, 0.05) is 19.1 Å². The van der Waals surface area contributed by atoms with Crippen molar-refractivity contribution in [2.75, 3.05) is 13.1 Å². The molecule has 0 atom stereocenters. The van der Waals surface area contributed by atoms with Crippen molar-refractivity contribution in [1.82, 2.24) is 10.2 Å². The number of para-hydroxylation sites is 1. The molecule has 0 spiro atoms. The zero-order chi connectivity index (χ0) is 17.8. The second-order valence-corrected chi connectivity index (χ2v) is 6.04. The fourth-order valence-corrected chi connectivity index (χ4v) is 2.96. The van der Waals surface area contributed by atoms with Crippen LogP contribution in [0.5, 0.6) is 5.75 Å². The van der Waals surface area contributed by atoms with Gasteiger partial charge >= 0.3 is 0 Å². The Balaban J connectivity index is 1.57. The van der Waals surface area contributed by atoms with E-state index < -0.39 is 11.7 Å². The molecule has 25 heavy (non-hydrogen) atoms. The summed E-state index contributed by atoms with van der Waals surface area (Å²) in [6.45, 7) is 0.935. The minimum atomic E-state index is -0.549. The smallest absolute Gasteiger partial charge is 0.257 e. The highest BCUT2D eigenvalue weighted by atomic mass is 19.1. The number of benzene rings is 2.